The van der Waals surface area contributed by atoms with Crippen molar-refractivity contribution in [1.29, 1.82) is 0 Å². The van der Waals surface area contributed by atoms with Crippen molar-refractivity contribution in [2.45, 2.75) is 18.4 Å². The molecule has 0 spiro atoms. The Labute approximate surface area is 109 Å². The lowest BCUT2D eigenvalue weighted by Crippen LogP contribution is -2.20. The molecular formula is C8H16N2O7P2. The third-order valence-corrected chi connectivity index (χ3v) is 6.09. The van der Waals surface area contributed by atoms with Crippen molar-refractivity contribution in [1.82, 2.24) is 9.55 Å². The summed E-state index contributed by atoms with van der Waals surface area (Å²) in [6.07, 6.45) is 4.78. The number of rotatable bonds is 7. The van der Waals surface area contributed by atoms with Gasteiger partial charge in [0.2, 0.25) is 0 Å². The topological polar surface area (TPSA) is 142 Å². The molecule has 0 aliphatic heterocycles. The average Bonchev–Trinajstić information content (AvgIpc) is 2.73. The van der Waals surface area contributed by atoms with Gasteiger partial charge in [0.05, 0.1) is 25.6 Å². The minimum absolute atomic E-state index is 0.0485. The summed E-state index contributed by atoms with van der Waals surface area (Å²) >= 11 is 0. The summed E-state index contributed by atoms with van der Waals surface area (Å²) in [6, 6.07) is -0.170. The van der Waals surface area contributed by atoms with Crippen molar-refractivity contribution in [3.63, 3.8) is 0 Å². The Morgan fingerprint density at radius 3 is 2.21 bits per heavy atom. The van der Waals surface area contributed by atoms with Crippen LogP contribution in [-0.4, -0.2) is 47.7 Å². The Hall–Kier alpha value is -0.530. The van der Waals surface area contributed by atoms with Crippen LogP contribution in [0.15, 0.2) is 18.7 Å². The van der Waals surface area contributed by atoms with Gasteiger partial charge in [-0.1, -0.05) is 0 Å². The predicted octanol–water partition coefficient (Wildman–Crippen LogP) is 0.142. The third kappa shape index (κ3) is 5.16. The molecule has 0 aliphatic rings. The van der Waals surface area contributed by atoms with Crippen molar-refractivity contribution < 1.29 is 33.4 Å². The fourth-order valence-electron chi connectivity index (χ4n) is 1.35. The van der Waals surface area contributed by atoms with Gasteiger partial charge in [-0.2, -0.15) is 0 Å². The Morgan fingerprint density at radius 1 is 1.21 bits per heavy atom. The zero-order valence-corrected chi connectivity index (χ0v) is 11.9. The normalized spacial score (nSPS) is 14.8. The predicted molar refractivity (Wildman–Crippen MR) is 65.6 cm³/mol. The van der Waals surface area contributed by atoms with Crippen molar-refractivity contribution in [2.75, 3.05) is 13.2 Å². The van der Waals surface area contributed by atoms with Gasteiger partial charge in [0.1, 0.15) is 0 Å². The van der Waals surface area contributed by atoms with E-state index in [0.29, 0.717) is 0 Å². The summed E-state index contributed by atoms with van der Waals surface area (Å²) in [4.78, 5) is 39.4. The summed E-state index contributed by atoms with van der Waals surface area (Å²) < 4.78 is 28.7. The first-order valence-electron chi connectivity index (χ1n) is 5.28. The molecule has 0 unspecified atom stereocenters. The minimum Gasteiger partial charge on any atom is -0.378 e. The van der Waals surface area contributed by atoms with Gasteiger partial charge in [-0.05, 0) is 6.92 Å². The van der Waals surface area contributed by atoms with E-state index in [1.807, 2.05) is 0 Å². The van der Waals surface area contributed by atoms with E-state index in [0.717, 1.165) is 0 Å². The van der Waals surface area contributed by atoms with Gasteiger partial charge < -0.3 is 28.9 Å². The van der Waals surface area contributed by atoms with Gasteiger partial charge in [0.15, 0.2) is 5.40 Å². The summed E-state index contributed by atoms with van der Waals surface area (Å²) in [5.74, 6) is 0. The first-order chi connectivity index (χ1) is 8.62. The second-order valence-electron chi connectivity index (χ2n) is 4.06. The monoisotopic (exact) mass is 314 g/mol. The summed E-state index contributed by atoms with van der Waals surface area (Å²) in [6.45, 7) is 1.10. The molecule has 0 aliphatic carbocycles. The van der Waals surface area contributed by atoms with Gasteiger partial charge in [-0.3, -0.25) is 9.13 Å². The van der Waals surface area contributed by atoms with Crippen LogP contribution in [0, 0.1) is 0 Å². The largest absolute Gasteiger partial charge is 0.378 e. The number of hydrogen-bond acceptors (Lipinski definition) is 4. The standard InChI is InChI=1S/C8H16N2O7P2/c1-7(10-3-2-9-6-10)4-17-5-8(18(11,12)13)19(14,15)16/h2-3,6-8H,4-5H2,1H3,(H2,11,12,13)(H2,14,15,16)/t7-/m1/s1. The molecule has 1 aromatic heterocycles. The van der Waals surface area contributed by atoms with Gasteiger partial charge in [-0.15, -0.1) is 0 Å². The molecule has 11 heteroatoms. The number of aromatic nitrogens is 2. The number of ether oxygens (including phenoxy) is 1. The molecule has 19 heavy (non-hydrogen) atoms. The van der Waals surface area contributed by atoms with Crippen molar-refractivity contribution >= 4 is 15.2 Å². The Kier molecular flexibility index (Phi) is 5.46. The van der Waals surface area contributed by atoms with E-state index < -0.39 is 27.2 Å². The number of nitrogens with zero attached hydrogens (tertiary/aromatic N) is 2. The molecule has 110 valence electrons. The highest BCUT2D eigenvalue weighted by atomic mass is 31.2. The Morgan fingerprint density at radius 2 is 1.79 bits per heavy atom. The first kappa shape index (κ1) is 16.5. The van der Waals surface area contributed by atoms with Crippen LogP contribution in [0.4, 0.5) is 0 Å². The van der Waals surface area contributed by atoms with E-state index in [-0.39, 0.29) is 12.6 Å². The summed E-state index contributed by atoms with van der Waals surface area (Å²) in [5, 5.41) is -2.13. The molecule has 0 saturated carbocycles. The molecule has 9 nitrogen and oxygen atoms in total. The van der Waals surface area contributed by atoms with Gasteiger partial charge in [0.25, 0.3) is 0 Å². The fourth-order valence-corrected chi connectivity index (χ4v) is 3.52. The van der Waals surface area contributed by atoms with E-state index in [1.165, 1.54) is 6.33 Å². The SMILES string of the molecule is C[C@H](COCC(P(=O)(O)O)P(=O)(O)O)n1ccnc1. The van der Waals surface area contributed by atoms with Crippen LogP contribution in [-0.2, 0) is 13.9 Å². The van der Waals surface area contributed by atoms with Crippen LogP contribution in [0.25, 0.3) is 0 Å². The van der Waals surface area contributed by atoms with E-state index in [1.54, 1.807) is 23.9 Å². The molecule has 0 fully saturated rings. The number of hydrogen-bond donors (Lipinski definition) is 4. The lowest BCUT2D eigenvalue weighted by molar-refractivity contribution is 0.108. The maximum atomic E-state index is 11.0. The first-order valence-corrected chi connectivity index (χ1v) is 8.64. The molecule has 0 aromatic carbocycles. The summed E-state index contributed by atoms with van der Waals surface area (Å²) in [5.41, 5.74) is 0. The van der Waals surface area contributed by atoms with Crippen LogP contribution >= 0.6 is 15.2 Å². The minimum atomic E-state index is -4.92. The third-order valence-electron chi connectivity index (χ3n) is 2.44. The zero-order chi connectivity index (χ0) is 14.7. The maximum absolute atomic E-state index is 11.0. The second-order valence-corrected chi connectivity index (χ2v) is 8.07. The lowest BCUT2D eigenvalue weighted by Gasteiger charge is -2.20. The smallest absolute Gasteiger partial charge is 0.343 e. The molecule has 0 radical (unpaired) electrons. The summed E-state index contributed by atoms with van der Waals surface area (Å²) in [7, 11) is -9.85. The van der Waals surface area contributed by atoms with Crippen LogP contribution in [0.1, 0.15) is 13.0 Å². The van der Waals surface area contributed by atoms with Crippen LogP contribution < -0.4 is 0 Å². The van der Waals surface area contributed by atoms with Crippen molar-refractivity contribution in [2.24, 2.45) is 0 Å². The number of imidazole rings is 1. The Bertz CT molecular complexity index is 457. The van der Waals surface area contributed by atoms with E-state index >= 15 is 0 Å². The maximum Gasteiger partial charge on any atom is 0.343 e. The zero-order valence-electron chi connectivity index (χ0n) is 10.1. The van der Waals surface area contributed by atoms with Gasteiger partial charge in [0, 0.05) is 12.4 Å². The van der Waals surface area contributed by atoms with E-state index in [9.17, 15) is 9.13 Å². The fraction of sp³-hybridized carbons (Fsp3) is 0.625. The van der Waals surface area contributed by atoms with Crippen LogP contribution in [0.3, 0.4) is 0 Å². The van der Waals surface area contributed by atoms with Crippen LogP contribution in [0.2, 0.25) is 0 Å². The molecule has 4 N–H and O–H groups in total. The highest BCUT2D eigenvalue weighted by molar-refractivity contribution is 7.70. The lowest BCUT2D eigenvalue weighted by atomic mass is 10.4. The average molecular weight is 314 g/mol. The highest BCUT2D eigenvalue weighted by Crippen LogP contribution is 2.59. The molecular weight excluding hydrogens is 298 g/mol. The quantitative estimate of drug-likeness (QED) is 0.521. The molecule has 1 aromatic rings. The van der Waals surface area contributed by atoms with Crippen molar-refractivity contribution in [3.8, 4) is 0 Å². The molecule has 0 amide bonds. The van der Waals surface area contributed by atoms with Crippen molar-refractivity contribution in [3.05, 3.63) is 18.7 Å². The second kappa shape index (κ2) is 6.28. The molecule has 0 saturated heterocycles. The highest BCUT2D eigenvalue weighted by Gasteiger charge is 2.43. The van der Waals surface area contributed by atoms with Gasteiger partial charge >= 0.3 is 15.2 Å². The Balaban J connectivity index is 2.55. The molecule has 1 heterocycles. The van der Waals surface area contributed by atoms with Gasteiger partial charge in [-0.25, -0.2) is 4.98 Å². The molecule has 1 atom stereocenters. The van der Waals surface area contributed by atoms with Crippen LogP contribution in [0.5, 0.6) is 0 Å². The molecule has 1 rings (SSSR count). The van der Waals surface area contributed by atoms with E-state index in [2.05, 4.69) is 4.98 Å². The molecule has 0 bridgehead atoms. The van der Waals surface area contributed by atoms with E-state index in [4.69, 9.17) is 24.3 Å².